The van der Waals surface area contributed by atoms with Crippen LogP contribution in [-0.4, -0.2) is 15.8 Å². The summed E-state index contributed by atoms with van der Waals surface area (Å²) < 4.78 is 0. The van der Waals surface area contributed by atoms with Crippen LogP contribution in [0.2, 0.25) is 5.02 Å². The molecule has 0 fully saturated rings. The van der Waals surface area contributed by atoms with Crippen LogP contribution in [0.5, 0.6) is 0 Å². The Balaban J connectivity index is 2.13. The van der Waals surface area contributed by atoms with Crippen LogP contribution in [0.3, 0.4) is 0 Å². The smallest absolute Gasteiger partial charge is 0.288 e. The number of thiazole rings is 1. The number of nitro groups is 1. The lowest BCUT2D eigenvalue weighted by molar-refractivity contribution is -0.384. The van der Waals surface area contributed by atoms with E-state index in [4.69, 9.17) is 11.6 Å². The van der Waals surface area contributed by atoms with Gasteiger partial charge in [-0.15, -0.1) is 11.3 Å². The number of rotatable bonds is 4. The molecule has 0 spiro atoms. The molecule has 0 aliphatic carbocycles. The molecule has 0 aliphatic heterocycles. The summed E-state index contributed by atoms with van der Waals surface area (Å²) in [5.74, 6) is -0.468. The molecule has 20 heavy (non-hydrogen) atoms. The number of carbonyl (C=O) groups excluding carboxylic acids is 1. The van der Waals surface area contributed by atoms with Crippen LogP contribution in [0.25, 0.3) is 0 Å². The Kier molecular flexibility index (Phi) is 4.31. The predicted octanol–water partition coefficient (Wildman–Crippen LogP) is 2.94. The average Bonchev–Trinajstić information content (AvgIpc) is 2.81. The van der Waals surface area contributed by atoms with E-state index in [0.717, 1.165) is 10.7 Å². The number of nitrogens with one attached hydrogen (secondary N) is 1. The van der Waals surface area contributed by atoms with E-state index in [1.807, 2.05) is 12.3 Å². The molecule has 0 saturated heterocycles. The molecule has 2 aromatic rings. The molecule has 104 valence electrons. The third-order valence-electron chi connectivity index (χ3n) is 2.52. The molecule has 2 rings (SSSR count). The third kappa shape index (κ3) is 3.12. The Labute approximate surface area is 123 Å². The molecule has 0 aliphatic rings. The molecular weight excluding hydrogens is 302 g/mol. The molecule has 1 aromatic carbocycles. The summed E-state index contributed by atoms with van der Waals surface area (Å²) in [4.78, 5) is 26.3. The molecule has 8 heteroatoms. The summed E-state index contributed by atoms with van der Waals surface area (Å²) in [6.45, 7) is 2.12. The van der Waals surface area contributed by atoms with Gasteiger partial charge in [-0.25, -0.2) is 4.98 Å². The van der Waals surface area contributed by atoms with Crippen molar-refractivity contribution in [1.29, 1.82) is 0 Å². The highest BCUT2D eigenvalue weighted by Crippen LogP contribution is 2.27. The minimum absolute atomic E-state index is 0.0767. The van der Waals surface area contributed by atoms with Crippen molar-refractivity contribution in [3.63, 3.8) is 0 Å². The van der Waals surface area contributed by atoms with E-state index in [2.05, 4.69) is 10.3 Å². The maximum atomic E-state index is 12.0. The molecule has 0 atom stereocenters. The quantitative estimate of drug-likeness (QED) is 0.695. The summed E-state index contributed by atoms with van der Waals surface area (Å²) in [6, 6.07) is 4.12. The van der Waals surface area contributed by atoms with Crippen molar-refractivity contribution >= 4 is 34.5 Å². The first kappa shape index (κ1) is 14.4. The zero-order valence-electron chi connectivity index (χ0n) is 10.4. The second-order valence-electron chi connectivity index (χ2n) is 3.94. The Morgan fingerprint density at radius 2 is 2.30 bits per heavy atom. The Morgan fingerprint density at radius 3 is 2.90 bits per heavy atom. The van der Waals surface area contributed by atoms with E-state index in [1.54, 1.807) is 0 Å². The standard InChI is InChI=1S/C12H10ClN3O3S/c1-7-15-8(6-20-7)5-14-12(17)9-3-2-4-10(11(9)13)16(18)19/h2-4,6H,5H2,1H3,(H,14,17). The number of halogens is 1. The molecule has 0 bridgehead atoms. The third-order valence-corrected chi connectivity index (χ3v) is 3.74. The summed E-state index contributed by atoms with van der Waals surface area (Å²) in [7, 11) is 0. The first-order valence-corrected chi connectivity index (χ1v) is 6.87. The van der Waals surface area contributed by atoms with Gasteiger partial charge in [-0.05, 0) is 13.0 Å². The van der Waals surface area contributed by atoms with Crippen LogP contribution in [0, 0.1) is 17.0 Å². The van der Waals surface area contributed by atoms with Crippen molar-refractivity contribution in [2.24, 2.45) is 0 Å². The first-order valence-electron chi connectivity index (χ1n) is 5.61. The van der Waals surface area contributed by atoms with Crippen molar-refractivity contribution < 1.29 is 9.72 Å². The lowest BCUT2D eigenvalue weighted by atomic mass is 10.2. The van der Waals surface area contributed by atoms with Gasteiger partial charge in [0.1, 0.15) is 5.02 Å². The first-order chi connectivity index (χ1) is 9.49. The predicted molar refractivity (Wildman–Crippen MR) is 76.1 cm³/mol. The highest BCUT2D eigenvalue weighted by molar-refractivity contribution is 7.09. The minimum atomic E-state index is -0.622. The summed E-state index contributed by atoms with van der Waals surface area (Å²) in [5.41, 5.74) is 0.527. The fourth-order valence-electron chi connectivity index (χ4n) is 1.59. The molecule has 6 nitrogen and oxygen atoms in total. The van der Waals surface area contributed by atoms with Crippen LogP contribution >= 0.6 is 22.9 Å². The van der Waals surface area contributed by atoms with Crippen LogP contribution in [0.4, 0.5) is 5.69 Å². The lowest BCUT2D eigenvalue weighted by Gasteiger charge is -2.05. The second-order valence-corrected chi connectivity index (χ2v) is 5.38. The van der Waals surface area contributed by atoms with Gasteiger partial charge < -0.3 is 5.32 Å². The van der Waals surface area contributed by atoms with E-state index in [0.29, 0.717) is 0 Å². The van der Waals surface area contributed by atoms with Gasteiger partial charge in [0.05, 0.1) is 27.7 Å². The van der Waals surface area contributed by atoms with Gasteiger partial charge in [0, 0.05) is 11.4 Å². The minimum Gasteiger partial charge on any atom is -0.346 e. The van der Waals surface area contributed by atoms with Gasteiger partial charge in [0.25, 0.3) is 11.6 Å². The van der Waals surface area contributed by atoms with E-state index in [9.17, 15) is 14.9 Å². The van der Waals surface area contributed by atoms with Gasteiger partial charge in [-0.1, -0.05) is 17.7 Å². The van der Waals surface area contributed by atoms with Crippen LogP contribution in [0.1, 0.15) is 21.1 Å². The molecular formula is C12H10ClN3O3S. The number of carbonyl (C=O) groups is 1. The monoisotopic (exact) mass is 311 g/mol. The number of hydrogen-bond donors (Lipinski definition) is 1. The van der Waals surface area contributed by atoms with Crippen molar-refractivity contribution in [3.05, 3.63) is 55.0 Å². The lowest BCUT2D eigenvalue weighted by Crippen LogP contribution is -2.23. The summed E-state index contributed by atoms with van der Waals surface area (Å²) in [5, 5.41) is 16.0. The number of benzene rings is 1. The number of hydrogen-bond acceptors (Lipinski definition) is 5. The summed E-state index contributed by atoms with van der Waals surface area (Å²) >= 11 is 7.35. The second kappa shape index (κ2) is 5.98. The maximum Gasteiger partial charge on any atom is 0.288 e. The molecule has 0 unspecified atom stereocenters. The number of aromatic nitrogens is 1. The SMILES string of the molecule is Cc1nc(CNC(=O)c2cccc([N+](=O)[O-])c2Cl)cs1. The highest BCUT2D eigenvalue weighted by Gasteiger charge is 2.19. The van der Waals surface area contributed by atoms with Gasteiger partial charge >= 0.3 is 0 Å². The van der Waals surface area contributed by atoms with E-state index in [1.165, 1.54) is 29.5 Å². The Bertz CT molecular complexity index is 672. The number of amides is 1. The van der Waals surface area contributed by atoms with E-state index in [-0.39, 0.29) is 22.8 Å². The van der Waals surface area contributed by atoms with Crippen LogP contribution < -0.4 is 5.32 Å². The molecule has 1 N–H and O–H groups in total. The highest BCUT2D eigenvalue weighted by atomic mass is 35.5. The van der Waals surface area contributed by atoms with E-state index < -0.39 is 10.8 Å². The Hall–Kier alpha value is -1.99. The Morgan fingerprint density at radius 1 is 1.55 bits per heavy atom. The topological polar surface area (TPSA) is 85.1 Å². The summed E-state index contributed by atoms with van der Waals surface area (Å²) in [6.07, 6.45) is 0. The molecule has 1 aromatic heterocycles. The number of aryl methyl sites for hydroxylation is 1. The van der Waals surface area contributed by atoms with Gasteiger partial charge in [0.15, 0.2) is 0 Å². The van der Waals surface area contributed by atoms with Crippen molar-refractivity contribution in [2.75, 3.05) is 0 Å². The number of nitro benzene ring substituents is 1. The molecule has 1 amide bonds. The molecule has 1 heterocycles. The van der Waals surface area contributed by atoms with E-state index >= 15 is 0 Å². The van der Waals surface area contributed by atoms with Gasteiger partial charge in [-0.2, -0.15) is 0 Å². The average molecular weight is 312 g/mol. The fraction of sp³-hybridized carbons (Fsp3) is 0.167. The van der Waals surface area contributed by atoms with Gasteiger partial charge in [-0.3, -0.25) is 14.9 Å². The van der Waals surface area contributed by atoms with Crippen LogP contribution in [-0.2, 0) is 6.54 Å². The van der Waals surface area contributed by atoms with Crippen molar-refractivity contribution in [3.8, 4) is 0 Å². The zero-order chi connectivity index (χ0) is 14.7. The zero-order valence-corrected chi connectivity index (χ0v) is 12.0. The maximum absolute atomic E-state index is 12.0. The van der Waals surface area contributed by atoms with Crippen molar-refractivity contribution in [1.82, 2.24) is 10.3 Å². The number of nitrogens with zero attached hydrogens (tertiary/aromatic N) is 2. The van der Waals surface area contributed by atoms with Crippen molar-refractivity contribution in [2.45, 2.75) is 13.5 Å². The fourth-order valence-corrected chi connectivity index (χ4v) is 2.49. The largest absolute Gasteiger partial charge is 0.346 e. The molecule has 0 saturated carbocycles. The van der Waals surface area contributed by atoms with Gasteiger partial charge in [0.2, 0.25) is 0 Å². The van der Waals surface area contributed by atoms with Crippen LogP contribution in [0.15, 0.2) is 23.6 Å². The molecule has 0 radical (unpaired) electrons. The normalized spacial score (nSPS) is 10.3.